The summed E-state index contributed by atoms with van der Waals surface area (Å²) in [6, 6.07) is 22.5. The van der Waals surface area contributed by atoms with Crippen LogP contribution in [0.2, 0.25) is 0 Å². The molecule has 38 heavy (non-hydrogen) atoms. The van der Waals surface area contributed by atoms with Gasteiger partial charge in [0.1, 0.15) is 11.4 Å². The van der Waals surface area contributed by atoms with Crippen LogP contribution in [0, 0.1) is 5.92 Å². The molecule has 0 spiro atoms. The molecule has 6 heteroatoms. The third-order valence-electron chi connectivity index (χ3n) is 9.14. The van der Waals surface area contributed by atoms with Crippen molar-refractivity contribution < 1.29 is 0 Å². The zero-order valence-corrected chi connectivity index (χ0v) is 24.1. The third kappa shape index (κ3) is 5.08. The van der Waals surface area contributed by atoms with Crippen molar-refractivity contribution in [3.8, 4) is 0 Å². The molecule has 3 aromatic rings. The summed E-state index contributed by atoms with van der Waals surface area (Å²) in [7, 11) is 3.60. The van der Waals surface area contributed by atoms with Crippen molar-refractivity contribution in [1.29, 1.82) is 0 Å². The van der Waals surface area contributed by atoms with Crippen LogP contribution in [0.5, 0.6) is 0 Å². The quantitative estimate of drug-likeness (QED) is 0.299. The van der Waals surface area contributed by atoms with Crippen LogP contribution in [0.3, 0.4) is 0 Å². The van der Waals surface area contributed by atoms with E-state index < -0.39 is 7.92 Å². The summed E-state index contributed by atoms with van der Waals surface area (Å²) < 4.78 is 0. The molecule has 2 aliphatic rings. The first-order valence-electron chi connectivity index (χ1n) is 14.2. The molecular formula is C32H42N3O2P. The highest BCUT2D eigenvalue weighted by Crippen LogP contribution is 2.60. The Labute approximate surface area is 228 Å². The summed E-state index contributed by atoms with van der Waals surface area (Å²) in [6.45, 7) is 4.67. The van der Waals surface area contributed by atoms with E-state index in [0.717, 1.165) is 32.1 Å². The highest BCUT2D eigenvalue weighted by molar-refractivity contribution is 7.74. The number of hydrogen-bond donors (Lipinski definition) is 2. The predicted octanol–water partition coefficient (Wildman–Crippen LogP) is 5.06. The van der Waals surface area contributed by atoms with Crippen molar-refractivity contribution in [1.82, 2.24) is 4.90 Å². The predicted molar refractivity (Wildman–Crippen MR) is 163 cm³/mol. The fraction of sp³-hybridized carbons (Fsp3) is 0.500. The second kappa shape index (κ2) is 11.3. The van der Waals surface area contributed by atoms with E-state index in [1.807, 2.05) is 0 Å². The lowest BCUT2D eigenvalue weighted by Gasteiger charge is -2.43. The van der Waals surface area contributed by atoms with Crippen LogP contribution < -0.4 is 32.1 Å². The smallest absolute Gasteiger partial charge is 0.253 e. The van der Waals surface area contributed by atoms with Gasteiger partial charge in [-0.2, -0.15) is 0 Å². The summed E-state index contributed by atoms with van der Waals surface area (Å²) in [5, 5.41) is 9.98. The Morgan fingerprint density at radius 2 is 1.42 bits per heavy atom. The SMILES string of the molecule is C[C@@H](Nc1c(N[C@H]2CCCC[C@@H]2N(C)C)c(=O)c1=O)[C@@H]1CCCC1(C)P(c1ccccc1)c1ccccc1. The Morgan fingerprint density at radius 3 is 2.03 bits per heavy atom. The molecule has 2 fully saturated rings. The number of hydrogen-bond acceptors (Lipinski definition) is 5. The van der Waals surface area contributed by atoms with Crippen LogP contribution in [0.1, 0.15) is 58.8 Å². The van der Waals surface area contributed by atoms with Crippen molar-refractivity contribution in [2.24, 2.45) is 5.92 Å². The van der Waals surface area contributed by atoms with E-state index in [4.69, 9.17) is 0 Å². The third-order valence-corrected chi connectivity index (χ3v) is 12.4. The topological polar surface area (TPSA) is 61.4 Å². The molecule has 5 nitrogen and oxygen atoms in total. The average Bonchev–Trinajstić information content (AvgIpc) is 3.33. The van der Waals surface area contributed by atoms with E-state index in [-0.39, 0.29) is 28.1 Å². The van der Waals surface area contributed by atoms with Gasteiger partial charge in [0.05, 0.1) is 0 Å². The molecule has 202 valence electrons. The molecule has 2 N–H and O–H groups in total. The minimum absolute atomic E-state index is 0.0782. The maximum atomic E-state index is 12.8. The molecule has 2 aliphatic carbocycles. The molecule has 2 saturated carbocycles. The summed E-state index contributed by atoms with van der Waals surface area (Å²) in [5.41, 5.74) is 0.273. The van der Waals surface area contributed by atoms with Gasteiger partial charge < -0.3 is 15.5 Å². The highest BCUT2D eigenvalue weighted by atomic mass is 31.1. The molecule has 0 radical (unpaired) electrons. The molecule has 0 aliphatic heterocycles. The number of nitrogens with one attached hydrogen (secondary N) is 2. The standard InChI is InChI=1S/C32H42N3O2P/c1-22(33-28-29(31(37)30(28)36)34-26-19-11-12-20-27(26)35(3)4)25-18-13-21-32(25,2)38(23-14-7-5-8-15-23)24-16-9-6-10-17-24/h5-10,14-17,22,25-27,33-34H,11-13,18-21H2,1-4H3/t22-,25+,26+,27+,32?/m1/s1. The van der Waals surface area contributed by atoms with Crippen molar-refractivity contribution in [3.05, 3.63) is 81.1 Å². The van der Waals surface area contributed by atoms with Gasteiger partial charge in [-0.1, -0.05) is 86.8 Å². The van der Waals surface area contributed by atoms with Gasteiger partial charge in [-0.3, -0.25) is 9.59 Å². The van der Waals surface area contributed by atoms with Crippen molar-refractivity contribution in [2.75, 3.05) is 24.7 Å². The molecule has 5 rings (SSSR count). The summed E-state index contributed by atoms with van der Waals surface area (Å²) in [6.07, 6.45) is 7.95. The summed E-state index contributed by atoms with van der Waals surface area (Å²) >= 11 is 0. The van der Waals surface area contributed by atoms with Crippen molar-refractivity contribution in [3.63, 3.8) is 0 Å². The van der Waals surface area contributed by atoms with Gasteiger partial charge in [0.25, 0.3) is 10.9 Å². The zero-order valence-electron chi connectivity index (χ0n) is 23.2. The number of rotatable bonds is 9. The molecule has 5 atom stereocenters. The van der Waals surface area contributed by atoms with E-state index >= 15 is 0 Å². The highest BCUT2D eigenvalue weighted by Gasteiger charge is 2.48. The maximum Gasteiger partial charge on any atom is 0.253 e. The average molecular weight is 532 g/mol. The first-order valence-corrected chi connectivity index (χ1v) is 15.6. The molecule has 0 bridgehead atoms. The Balaban J connectivity index is 1.41. The first-order chi connectivity index (χ1) is 18.3. The van der Waals surface area contributed by atoms with Crippen molar-refractivity contribution >= 4 is 29.9 Å². The van der Waals surface area contributed by atoms with E-state index in [1.165, 1.54) is 23.5 Å². The van der Waals surface area contributed by atoms with Crippen LogP contribution >= 0.6 is 7.92 Å². The number of likely N-dealkylation sites (N-methyl/N-ethyl adjacent to an activating group) is 1. The van der Waals surface area contributed by atoms with Crippen LogP contribution in [0.25, 0.3) is 0 Å². The monoisotopic (exact) mass is 531 g/mol. The minimum Gasteiger partial charge on any atom is -0.377 e. The lowest BCUT2D eigenvalue weighted by molar-refractivity contribution is 0.211. The van der Waals surface area contributed by atoms with Gasteiger partial charge in [0.2, 0.25) is 0 Å². The lowest BCUT2D eigenvalue weighted by atomic mass is 9.88. The molecule has 0 heterocycles. The number of benzene rings is 2. The maximum absolute atomic E-state index is 12.8. The molecule has 1 unspecified atom stereocenters. The molecule has 0 saturated heterocycles. The Kier molecular flexibility index (Phi) is 8.07. The lowest BCUT2D eigenvalue weighted by Crippen LogP contribution is -2.50. The van der Waals surface area contributed by atoms with Gasteiger partial charge in [-0.15, -0.1) is 0 Å². The van der Waals surface area contributed by atoms with E-state index in [1.54, 1.807) is 0 Å². The Hall–Kier alpha value is -2.49. The minimum atomic E-state index is -0.604. The summed E-state index contributed by atoms with van der Waals surface area (Å²) in [4.78, 5) is 27.8. The van der Waals surface area contributed by atoms with E-state index in [0.29, 0.717) is 23.3 Å². The van der Waals surface area contributed by atoms with Gasteiger partial charge in [-0.25, -0.2) is 0 Å². The van der Waals surface area contributed by atoms with E-state index in [2.05, 4.69) is 104 Å². The second-order valence-corrected chi connectivity index (χ2v) is 14.5. The van der Waals surface area contributed by atoms with Crippen LogP contribution in [-0.4, -0.2) is 42.3 Å². The molecule has 0 amide bonds. The molecule has 0 aromatic heterocycles. The van der Waals surface area contributed by atoms with Gasteiger partial charge in [0, 0.05) is 23.3 Å². The fourth-order valence-corrected chi connectivity index (χ4v) is 10.7. The normalized spacial score (nSPS) is 26.6. The fourth-order valence-electron chi connectivity index (χ4n) is 7.21. The first kappa shape index (κ1) is 27.1. The van der Waals surface area contributed by atoms with Gasteiger partial charge in [-0.05, 0) is 71.2 Å². The second-order valence-electron chi connectivity index (χ2n) is 11.8. The Bertz CT molecular complexity index is 1250. The number of nitrogens with zero attached hydrogens (tertiary/aromatic N) is 1. The van der Waals surface area contributed by atoms with E-state index in [9.17, 15) is 9.59 Å². The molecular weight excluding hydrogens is 489 g/mol. The van der Waals surface area contributed by atoms with Gasteiger partial charge in [0.15, 0.2) is 0 Å². The van der Waals surface area contributed by atoms with Crippen molar-refractivity contribution in [2.45, 2.75) is 82.1 Å². The molecule has 3 aromatic carbocycles. The Morgan fingerprint density at radius 1 is 0.842 bits per heavy atom. The van der Waals surface area contributed by atoms with Crippen LogP contribution in [-0.2, 0) is 0 Å². The largest absolute Gasteiger partial charge is 0.377 e. The zero-order chi connectivity index (χ0) is 26.9. The van der Waals surface area contributed by atoms with Crippen LogP contribution in [0.15, 0.2) is 70.3 Å². The van der Waals surface area contributed by atoms with Crippen LogP contribution in [0.4, 0.5) is 11.4 Å². The summed E-state index contributed by atoms with van der Waals surface area (Å²) in [5.74, 6) is 0.385. The van der Waals surface area contributed by atoms with Gasteiger partial charge >= 0.3 is 0 Å². The number of anilines is 2.